The van der Waals surface area contributed by atoms with E-state index in [1.165, 1.54) is 0 Å². The summed E-state index contributed by atoms with van der Waals surface area (Å²) in [5.41, 5.74) is 3.31. The molecule has 0 radical (unpaired) electrons. The van der Waals surface area contributed by atoms with Crippen molar-refractivity contribution in [1.82, 2.24) is 4.98 Å². The van der Waals surface area contributed by atoms with Gasteiger partial charge in [0.25, 0.3) is 5.91 Å². The number of aryl methyl sites for hydroxylation is 1. The monoisotopic (exact) mass is 283 g/mol. The van der Waals surface area contributed by atoms with Crippen LogP contribution in [0.15, 0.2) is 42.7 Å². The smallest absolute Gasteiger partial charge is 0.257 e. The van der Waals surface area contributed by atoms with Gasteiger partial charge in [0.15, 0.2) is 0 Å². The number of rotatable bonds is 5. The van der Waals surface area contributed by atoms with Gasteiger partial charge in [0, 0.05) is 24.1 Å². The van der Waals surface area contributed by atoms with E-state index in [0.29, 0.717) is 11.6 Å². The summed E-state index contributed by atoms with van der Waals surface area (Å²) in [6.07, 6.45) is 4.32. The van der Waals surface area contributed by atoms with Crippen LogP contribution in [0.1, 0.15) is 36.2 Å². The van der Waals surface area contributed by atoms with E-state index in [1.54, 1.807) is 12.4 Å². The SMILES string of the molecule is CCC(C)Nc1cncc(C(=O)Nc2cccc(C)c2)c1. The van der Waals surface area contributed by atoms with Crippen molar-refractivity contribution in [3.8, 4) is 0 Å². The van der Waals surface area contributed by atoms with Crippen LogP contribution in [-0.2, 0) is 0 Å². The first-order chi connectivity index (χ1) is 10.1. The molecule has 4 nitrogen and oxygen atoms in total. The molecule has 2 N–H and O–H groups in total. The van der Waals surface area contributed by atoms with Crippen LogP contribution < -0.4 is 10.6 Å². The van der Waals surface area contributed by atoms with Gasteiger partial charge in [0.1, 0.15) is 0 Å². The minimum absolute atomic E-state index is 0.152. The third-order valence-corrected chi connectivity index (χ3v) is 3.30. The van der Waals surface area contributed by atoms with Gasteiger partial charge < -0.3 is 10.6 Å². The van der Waals surface area contributed by atoms with E-state index >= 15 is 0 Å². The molecule has 4 heteroatoms. The minimum atomic E-state index is -0.152. The molecule has 1 aromatic heterocycles. The van der Waals surface area contributed by atoms with E-state index in [2.05, 4.69) is 29.5 Å². The molecule has 2 aromatic rings. The highest BCUT2D eigenvalue weighted by Crippen LogP contribution is 2.14. The highest BCUT2D eigenvalue weighted by Gasteiger charge is 2.08. The fraction of sp³-hybridized carbons (Fsp3) is 0.294. The summed E-state index contributed by atoms with van der Waals surface area (Å²) in [4.78, 5) is 16.4. The number of nitrogens with zero attached hydrogens (tertiary/aromatic N) is 1. The summed E-state index contributed by atoms with van der Waals surface area (Å²) in [5.74, 6) is -0.152. The molecule has 1 unspecified atom stereocenters. The molecule has 0 aliphatic carbocycles. The second-order valence-electron chi connectivity index (χ2n) is 5.24. The summed E-state index contributed by atoms with van der Waals surface area (Å²) in [5, 5.41) is 6.20. The number of aromatic nitrogens is 1. The predicted octanol–water partition coefficient (Wildman–Crippen LogP) is 3.85. The Labute approximate surface area is 125 Å². The van der Waals surface area contributed by atoms with Crippen molar-refractivity contribution < 1.29 is 4.79 Å². The summed E-state index contributed by atoms with van der Waals surface area (Å²) < 4.78 is 0. The predicted molar refractivity (Wildman–Crippen MR) is 86.7 cm³/mol. The van der Waals surface area contributed by atoms with Gasteiger partial charge in [0.2, 0.25) is 0 Å². The maximum Gasteiger partial charge on any atom is 0.257 e. The normalized spacial score (nSPS) is 11.8. The Hall–Kier alpha value is -2.36. The first-order valence-corrected chi connectivity index (χ1v) is 7.18. The maximum absolute atomic E-state index is 12.3. The Balaban J connectivity index is 2.10. The fourth-order valence-corrected chi connectivity index (χ4v) is 1.96. The third kappa shape index (κ3) is 4.31. The molecule has 0 bridgehead atoms. The first kappa shape index (κ1) is 15.0. The van der Waals surface area contributed by atoms with E-state index in [1.807, 2.05) is 37.3 Å². The minimum Gasteiger partial charge on any atom is -0.381 e. The lowest BCUT2D eigenvalue weighted by Crippen LogP contribution is -2.16. The van der Waals surface area contributed by atoms with Gasteiger partial charge in [-0.15, -0.1) is 0 Å². The van der Waals surface area contributed by atoms with Gasteiger partial charge in [0.05, 0.1) is 11.3 Å². The quantitative estimate of drug-likeness (QED) is 0.876. The van der Waals surface area contributed by atoms with Crippen molar-refractivity contribution in [3.05, 3.63) is 53.9 Å². The zero-order valence-corrected chi connectivity index (χ0v) is 12.7. The lowest BCUT2D eigenvalue weighted by molar-refractivity contribution is 0.102. The van der Waals surface area contributed by atoms with Crippen LogP contribution in [0.4, 0.5) is 11.4 Å². The summed E-state index contributed by atoms with van der Waals surface area (Å²) in [7, 11) is 0. The molecular formula is C17H21N3O. The largest absolute Gasteiger partial charge is 0.381 e. The molecule has 1 aromatic carbocycles. The number of pyridine rings is 1. The molecular weight excluding hydrogens is 262 g/mol. The van der Waals surface area contributed by atoms with Gasteiger partial charge in [-0.25, -0.2) is 0 Å². The van der Waals surface area contributed by atoms with Crippen molar-refractivity contribution in [2.45, 2.75) is 33.2 Å². The average Bonchev–Trinajstić information content (AvgIpc) is 2.47. The lowest BCUT2D eigenvalue weighted by atomic mass is 10.2. The number of hydrogen-bond donors (Lipinski definition) is 2. The average molecular weight is 283 g/mol. The van der Waals surface area contributed by atoms with E-state index in [0.717, 1.165) is 23.4 Å². The molecule has 0 saturated heterocycles. The van der Waals surface area contributed by atoms with Crippen LogP contribution in [0.5, 0.6) is 0 Å². The molecule has 1 amide bonds. The molecule has 110 valence electrons. The molecule has 0 aliphatic heterocycles. The van der Waals surface area contributed by atoms with Crippen LogP contribution in [0.2, 0.25) is 0 Å². The maximum atomic E-state index is 12.3. The van der Waals surface area contributed by atoms with E-state index < -0.39 is 0 Å². The molecule has 1 heterocycles. The molecule has 0 saturated carbocycles. The van der Waals surface area contributed by atoms with Crippen LogP contribution >= 0.6 is 0 Å². The summed E-state index contributed by atoms with van der Waals surface area (Å²) in [6, 6.07) is 9.90. The Morgan fingerprint density at radius 1 is 1.24 bits per heavy atom. The zero-order valence-electron chi connectivity index (χ0n) is 12.7. The van der Waals surface area contributed by atoms with Gasteiger partial charge in [-0.3, -0.25) is 9.78 Å². The van der Waals surface area contributed by atoms with Crippen LogP contribution in [0.25, 0.3) is 0 Å². The molecule has 0 aliphatic rings. The standard InChI is InChI=1S/C17H21N3O/c1-4-13(3)19-16-9-14(10-18-11-16)17(21)20-15-7-5-6-12(2)8-15/h5-11,13,19H,4H2,1-3H3,(H,20,21). The van der Waals surface area contributed by atoms with Crippen molar-refractivity contribution in [1.29, 1.82) is 0 Å². The van der Waals surface area contributed by atoms with Crippen molar-refractivity contribution in [2.75, 3.05) is 10.6 Å². The van der Waals surface area contributed by atoms with Gasteiger partial charge in [-0.05, 0) is 44.0 Å². The van der Waals surface area contributed by atoms with Gasteiger partial charge in [-0.1, -0.05) is 19.1 Å². The molecule has 2 rings (SSSR count). The second kappa shape index (κ2) is 6.88. The van der Waals surface area contributed by atoms with Gasteiger partial charge >= 0.3 is 0 Å². The third-order valence-electron chi connectivity index (χ3n) is 3.30. The topological polar surface area (TPSA) is 54.0 Å². The Morgan fingerprint density at radius 3 is 2.76 bits per heavy atom. The highest BCUT2D eigenvalue weighted by molar-refractivity contribution is 6.04. The van der Waals surface area contributed by atoms with Crippen LogP contribution in [0, 0.1) is 6.92 Å². The number of carbonyl (C=O) groups is 1. The first-order valence-electron chi connectivity index (χ1n) is 7.18. The summed E-state index contributed by atoms with van der Waals surface area (Å²) in [6.45, 7) is 6.20. The van der Waals surface area contributed by atoms with E-state index in [9.17, 15) is 4.79 Å². The Bertz CT molecular complexity index is 625. The number of nitrogens with one attached hydrogen (secondary N) is 2. The highest BCUT2D eigenvalue weighted by atomic mass is 16.1. The van der Waals surface area contributed by atoms with E-state index in [-0.39, 0.29) is 5.91 Å². The van der Waals surface area contributed by atoms with Crippen molar-refractivity contribution >= 4 is 17.3 Å². The number of amides is 1. The second-order valence-corrected chi connectivity index (χ2v) is 5.24. The number of benzene rings is 1. The van der Waals surface area contributed by atoms with Crippen LogP contribution in [-0.4, -0.2) is 16.9 Å². The number of hydrogen-bond acceptors (Lipinski definition) is 3. The summed E-state index contributed by atoms with van der Waals surface area (Å²) >= 11 is 0. The Kier molecular flexibility index (Phi) is 4.93. The fourth-order valence-electron chi connectivity index (χ4n) is 1.96. The van der Waals surface area contributed by atoms with Crippen molar-refractivity contribution in [2.24, 2.45) is 0 Å². The van der Waals surface area contributed by atoms with Gasteiger partial charge in [-0.2, -0.15) is 0 Å². The molecule has 0 fully saturated rings. The van der Waals surface area contributed by atoms with E-state index in [4.69, 9.17) is 0 Å². The number of carbonyl (C=O) groups excluding carboxylic acids is 1. The zero-order chi connectivity index (χ0) is 15.2. The van der Waals surface area contributed by atoms with Crippen LogP contribution in [0.3, 0.4) is 0 Å². The molecule has 21 heavy (non-hydrogen) atoms. The molecule has 0 spiro atoms. The van der Waals surface area contributed by atoms with Crippen molar-refractivity contribution in [3.63, 3.8) is 0 Å². The number of anilines is 2. The molecule has 1 atom stereocenters. The Morgan fingerprint density at radius 2 is 2.05 bits per heavy atom. The lowest BCUT2D eigenvalue weighted by Gasteiger charge is -2.13.